The minimum atomic E-state index is -3.55. The fraction of sp³-hybridized carbons (Fsp3) is 0.600. The number of hydrogen-bond donors (Lipinski definition) is 1. The van der Waals surface area contributed by atoms with Crippen LogP contribution < -0.4 is 5.73 Å². The molecular formula is C10H17N3O3S3. The van der Waals surface area contributed by atoms with Gasteiger partial charge in [0.05, 0.1) is 22.8 Å². The summed E-state index contributed by atoms with van der Waals surface area (Å²) < 4.78 is 31.3. The Labute approximate surface area is 122 Å². The average Bonchev–Trinajstić information content (AvgIpc) is 2.76. The van der Waals surface area contributed by atoms with Crippen molar-refractivity contribution in [3.8, 4) is 0 Å². The molecule has 0 aliphatic carbocycles. The first-order valence-corrected chi connectivity index (χ1v) is 8.24. The van der Waals surface area contributed by atoms with Gasteiger partial charge in [-0.05, 0) is 6.92 Å². The monoisotopic (exact) mass is 323 g/mol. The zero-order valence-electron chi connectivity index (χ0n) is 10.8. The highest BCUT2D eigenvalue weighted by Crippen LogP contribution is 2.22. The summed E-state index contributed by atoms with van der Waals surface area (Å²) in [6.45, 7) is 2.59. The van der Waals surface area contributed by atoms with Crippen molar-refractivity contribution in [2.75, 3.05) is 26.8 Å². The maximum absolute atomic E-state index is 12.4. The summed E-state index contributed by atoms with van der Waals surface area (Å²) in [6, 6.07) is 0. The van der Waals surface area contributed by atoms with Crippen LogP contribution in [-0.4, -0.2) is 49.5 Å². The Balaban J connectivity index is 2.91. The quantitative estimate of drug-likeness (QED) is 0.711. The van der Waals surface area contributed by atoms with Crippen molar-refractivity contribution < 1.29 is 13.2 Å². The maximum atomic E-state index is 12.4. The molecule has 0 saturated heterocycles. The molecule has 0 bridgehead atoms. The molecule has 1 aromatic rings. The number of ether oxygens (including phenoxy) is 1. The van der Waals surface area contributed by atoms with Gasteiger partial charge in [0, 0.05) is 26.6 Å². The minimum Gasteiger partial charge on any atom is -0.393 e. The van der Waals surface area contributed by atoms with Gasteiger partial charge in [0.15, 0.2) is 4.21 Å². The van der Waals surface area contributed by atoms with Crippen LogP contribution in [0.1, 0.15) is 11.4 Å². The standard InChI is InChI=1S/C10H17N3O3S3/c1-8-12-7-10(18-8)19(14,15)13(5-6-16-2)4-3-9(11)17/h7H,3-6H2,1-2H3,(H2,11,17). The molecule has 1 rings (SSSR count). The van der Waals surface area contributed by atoms with E-state index in [0.717, 1.165) is 11.3 Å². The Morgan fingerprint density at radius 2 is 2.26 bits per heavy atom. The molecule has 0 unspecified atom stereocenters. The number of rotatable bonds is 8. The molecule has 1 aromatic heterocycles. The van der Waals surface area contributed by atoms with Crippen molar-refractivity contribution in [2.24, 2.45) is 5.73 Å². The second-order valence-electron chi connectivity index (χ2n) is 3.81. The van der Waals surface area contributed by atoms with E-state index in [-0.39, 0.29) is 22.3 Å². The summed E-state index contributed by atoms with van der Waals surface area (Å²) in [5.41, 5.74) is 5.42. The maximum Gasteiger partial charge on any atom is 0.254 e. The van der Waals surface area contributed by atoms with E-state index in [1.54, 1.807) is 6.92 Å². The van der Waals surface area contributed by atoms with Crippen LogP contribution in [0.3, 0.4) is 0 Å². The lowest BCUT2D eigenvalue weighted by Crippen LogP contribution is -2.35. The lowest BCUT2D eigenvalue weighted by atomic mass is 10.4. The molecule has 0 fully saturated rings. The van der Waals surface area contributed by atoms with Gasteiger partial charge in [-0.2, -0.15) is 4.31 Å². The minimum absolute atomic E-state index is 0.226. The fourth-order valence-corrected chi connectivity index (χ4v) is 4.15. The number of methoxy groups -OCH3 is 1. The first-order valence-electron chi connectivity index (χ1n) is 5.57. The predicted molar refractivity (Wildman–Crippen MR) is 78.9 cm³/mol. The number of nitrogens with two attached hydrogens (primary N) is 1. The molecule has 1 heterocycles. The first-order chi connectivity index (χ1) is 8.87. The molecule has 0 aliphatic heterocycles. The third-order valence-corrected chi connectivity index (χ3v) is 5.80. The highest BCUT2D eigenvalue weighted by molar-refractivity contribution is 7.91. The SMILES string of the molecule is COCCN(CCC(N)=S)S(=O)(=O)c1cnc(C)s1. The summed E-state index contributed by atoms with van der Waals surface area (Å²) in [6.07, 6.45) is 1.71. The van der Waals surface area contributed by atoms with Crippen LogP contribution in [0, 0.1) is 6.92 Å². The summed E-state index contributed by atoms with van der Waals surface area (Å²) in [5, 5.41) is 0.708. The second kappa shape index (κ2) is 7.25. The molecule has 0 spiro atoms. The Morgan fingerprint density at radius 3 is 2.74 bits per heavy atom. The van der Waals surface area contributed by atoms with E-state index in [2.05, 4.69) is 4.98 Å². The molecule has 0 atom stereocenters. The topological polar surface area (TPSA) is 85.5 Å². The van der Waals surface area contributed by atoms with E-state index in [1.807, 2.05) is 0 Å². The molecule has 0 aromatic carbocycles. The van der Waals surface area contributed by atoms with Gasteiger partial charge in [-0.3, -0.25) is 0 Å². The number of thiocarbonyl (C=S) groups is 1. The average molecular weight is 323 g/mol. The molecule has 108 valence electrons. The van der Waals surface area contributed by atoms with Crippen LogP contribution in [-0.2, 0) is 14.8 Å². The van der Waals surface area contributed by atoms with Crippen molar-refractivity contribution in [3.63, 3.8) is 0 Å². The van der Waals surface area contributed by atoms with Crippen LogP contribution in [0.15, 0.2) is 10.4 Å². The van der Waals surface area contributed by atoms with Crippen molar-refractivity contribution in [1.29, 1.82) is 0 Å². The number of hydrogen-bond acceptors (Lipinski definition) is 6. The molecule has 0 saturated carbocycles. The first kappa shape index (κ1) is 16.4. The van der Waals surface area contributed by atoms with Crippen LogP contribution in [0.25, 0.3) is 0 Å². The van der Waals surface area contributed by atoms with Crippen LogP contribution in [0.2, 0.25) is 0 Å². The fourth-order valence-electron chi connectivity index (χ4n) is 1.37. The second-order valence-corrected chi connectivity index (χ2v) is 7.74. The van der Waals surface area contributed by atoms with Crippen molar-refractivity contribution >= 4 is 38.6 Å². The lowest BCUT2D eigenvalue weighted by molar-refractivity contribution is 0.180. The molecule has 0 amide bonds. The van der Waals surface area contributed by atoms with Gasteiger partial charge in [0.25, 0.3) is 10.0 Å². The lowest BCUT2D eigenvalue weighted by Gasteiger charge is -2.20. The highest BCUT2D eigenvalue weighted by Gasteiger charge is 2.26. The molecule has 9 heteroatoms. The molecule has 0 aliphatic rings. The third kappa shape index (κ3) is 4.77. The van der Waals surface area contributed by atoms with Crippen LogP contribution in [0.4, 0.5) is 0 Å². The van der Waals surface area contributed by atoms with Crippen molar-refractivity contribution in [3.05, 3.63) is 11.2 Å². The third-order valence-electron chi connectivity index (χ3n) is 2.35. The highest BCUT2D eigenvalue weighted by atomic mass is 32.2. The normalized spacial score (nSPS) is 11.9. The van der Waals surface area contributed by atoms with E-state index < -0.39 is 10.0 Å². The molecule has 19 heavy (non-hydrogen) atoms. The van der Waals surface area contributed by atoms with Gasteiger partial charge >= 0.3 is 0 Å². The number of sulfonamides is 1. The number of aryl methyl sites for hydroxylation is 1. The molecular weight excluding hydrogens is 306 g/mol. The number of aromatic nitrogens is 1. The zero-order valence-corrected chi connectivity index (χ0v) is 13.3. The molecule has 0 radical (unpaired) electrons. The van der Waals surface area contributed by atoms with Gasteiger partial charge in [-0.15, -0.1) is 11.3 Å². The zero-order chi connectivity index (χ0) is 14.5. The van der Waals surface area contributed by atoms with Gasteiger partial charge < -0.3 is 10.5 Å². The van der Waals surface area contributed by atoms with E-state index in [1.165, 1.54) is 17.6 Å². The Bertz CT molecular complexity index is 527. The Kier molecular flexibility index (Phi) is 6.27. The predicted octanol–water partition coefficient (Wildman–Crippen LogP) is 0.765. The summed E-state index contributed by atoms with van der Waals surface area (Å²) in [4.78, 5) is 4.26. The van der Waals surface area contributed by atoms with Crippen LogP contribution >= 0.6 is 23.6 Å². The van der Waals surface area contributed by atoms with Crippen molar-refractivity contribution in [1.82, 2.24) is 9.29 Å². The summed E-state index contributed by atoms with van der Waals surface area (Å²) in [7, 11) is -2.03. The summed E-state index contributed by atoms with van der Waals surface area (Å²) >= 11 is 5.93. The number of thiazole rings is 1. The van der Waals surface area contributed by atoms with Crippen molar-refractivity contribution in [2.45, 2.75) is 17.6 Å². The van der Waals surface area contributed by atoms with E-state index in [4.69, 9.17) is 22.7 Å². The van der Waals surface area contributed by atoms with Gasteiger partial charge in [-0.25, -0.2) is 13.4 Å². The van der Waals surface area contributed by atoms with E-state index >= 15 is 0 Å². The van der Waals surface area contributed by atoms with Gasteiger partial charge in [0.2, 0.25) is 0 Å². The smallest absolute Gasteiger partial charge is 0.254 e. The van der Waals surface area contributed by atoms with Gasteiger partial charge in [-0.1, -0.05) is 12.2 Å². The molecule has 6 nitrogen and oxygen atoms in total. The van der Waals surface area contributed by atoms with Crippen LogP contribution in [0.5, 0.6) is 0 Å². The summed E-state index contributed by atoms with van der Waals surface area (Å²) in [5.74, 6) is 0. The van der Waals surface area contributed by atoms with E-state index in [0.29, 0.717) is 18.0 Å². The largest absolute Gasteiger partial charge is 0.393 e. The Hall–Kier alpha value is -0.610. The molecule has 2 N–H and O–H groups in total. The van der Waals surface area contributed by atoms with E-state index in [9.17, 15) is 8.42 Å². The number of nitrogens with zero attached hydrogens (tertiary/aromatic N) is 2. The van der Waals surface area contributed by atoms with Gasteiger partial charge in [0.1, 0.15) is 0 Å². The Morgan fingerprint density at radius 1 is 1.58 bits per heavy atom.